The van der Waals surface area contributed by atoms with E-state index in [0.29, 0.717) is 31.0 Å². The summed E-state index contributed by atoms with van der Waals surface area (Å²) in [5.74, 6) is -0.283. The van der Waals surface area contributed by atoms with Gasteiger partial charge in [-0.15, -0.1) is 0 Å². The Morgan fingerprint density at radius 3 is 2.65 bits per heavy atom. The molecule has 0 unspecified atom stereocenters. The molecule has 0 bridgehead atoms. The second-order valence-corrected chi connectivity index (χ2v) is 7.43. The number of amides is 1. The van der Waals surface area contributed by atoms with Gasteiger partial charge in [-0.3, -0.25) is 14.4 Å². The Kier molecular flexibility index (Phi) is 6.23. The predicted octanol–water partition coefficient (Wildman–Crippen LogP) is 0.773. The third kappa shape index (κ3) is 5.98. The molecule has 1 aromatic rings. The summed E-state index contributed by atoms with van der Waals surface area (Å²) in [5.41, 5.74) is 0.634. The number of ether oxygens (including phenoxy) is 1. The molecule has 0 spiro atoms. The van der Waals surface area contributed by atoms with Crippen LogP contribution < -0.4 is 10.0 Å². The number of anilines is 1. The van der Waals surface area contributed by atoms with Crippen molar-refractivity contribution < 1.29 is 17.9 Å². The highest BCUT2D eigenvalue weighted by atomic mass is 35.5. The molecule has 9 heteroatoms. The van der Waals surface area contributed by atoms with E-state index in [4.69, 9.17) is 16.3 Å². The molecule has 23 heavy (non-hydrogen) atoms. The molecule has 1 aliphatic rings. The molecule has 0 atom stereocenters. The Balaban J connectivity index is 1.88. The SMILES string of the molecule is CS(=O)(=O)Nc1ccc(C(=O)NCCN2CCOCC2)c(Cl)c1. The third-order valence-corrected chi connectivity index (χ3v) is 4.25. The van der Waals surface area contributed by atoms with E-state index in [2.05, 4.69) is 14.9 Å². The van der Waals surface area contributed by atoms with Gasteiger partial charge in [0.2, 0.25) is 10.0 Å². The summed E-state index contributed by atoms with van der Waals surface area (Å²) in [6.45, 7) is 4.42. The van der Waals surface area contributed by atoms with Crippen molar-refractivity contribution in [1.29, 1.82) is 0 Å². The fraction of sp³-hybridized carbons (Fsp3) is 0.500. The van der Waals surface area contributed by atoms with Gasteiger partial charge >= 0.3 is 0 Å². The maximum absolute atomic E-state index is 12.1. The van der Waals surface area contributed by atoms with Gasteiger partial charge in [0, 0.05) is 31.9 Å². The average molecular weight is 362 g/mol. The number of sulfonamides is 1. The van der Waals surface area contributed by atoms with E-state index in [1.54, 1.807) is 0 Å². The summed E-state index contributed by atoms with van der Waals surface area (Å²) in [7, 11) is -3.38. The molecule has 2 N–H and O–H groups in total. The summed E-state index contributed by atoms with van der Waals surface area (Å²) in [6, 6.07) is 4.42. The highest BCUT2D eigenvalue weighted by molar-refractivity contribution is 7.92. The van der Waals surface area contributed by atoms with Crippen LogP contribution in [-0.4, -0.2) is 64.9 Å². The number of nitrogens with zero attached hydrogens (tertiary/aromatic N) is 1. The minimum absolute atomic E-state index is 0.197. The molecule has 1 saturated heterocycles. The maximum Gasteiger partial charge on any atom is 0.252 e. The molecule has 1 amide bonds. The Bertz CT molecular complexity index is 660. The van der Waals surface area contributed by atoms with Gasteiger partial charge in [-0.1, -0.05) is 11.6 Å². The Morgan fingerprint density at radius 1 is 1.35 bits per heavy atom. The second kappa shape index (κ2) is 7.96. The minimum atomic E-state index is -3.38. The molecule has 1 aliphatic heterocycles. The van der Waals surface area contributed by atoms with Gasteiger partial charge in [-0.05, 0) is 18.2 Å². The van der Waals surface area contributed by atoms with Gasteiger partial charge in [0.15, 0.2) is 0 Å². The van der Waals surface area contributed by atoms with E-state index in [0.717, 1.165) is 25.9 Å². The average Bonchev–Trinajstić information content (AvgIpc) is 2.46. The lowest BCUT2D eigenvalue weighted by atomic mass is 10.2. The van der Waals surface area contributed by atoms with E-state index in [1.165, 1.54) is 18.2 Å². The summed E-state index contributed by atoms with van der Waals surface area (Å²) in [5, 5.41) is 3.01. The number of morpholine rings is 1. The van der Waals surface area contributed by atoms with Crippen LogP contribution in [0.3, 0.4) is 0 Å². The van der Waals surface area contributed by atoms with Crippen LogP contribution in [0.15, 0.2) is 18.2 Å². The molecule has 7 nitrogen and oxygen atoms in total. The summed E-state index contributed by atoms with van der Waals surface area (Å²) >= 11 is 6.06. The number of halogens is 1. The van der Waals surface area contributed by atoms with Crippen molar-refractivity contribution in [1.82, 2.24) is 10.2 Å². The number of benzene rings is 1. The molecule has 0 saturated carbocycles. The van der Waals surface area contributed by atoms with Crippen molar-refractivity contribution in [2.45, 2.75) is 0 Å². The van der Waals surface area contributed by atoms with E-state index in [9.17, 15) is 13.2 Å². The van der Waals surface area contributed by atoms with Crippen LogP contribution >= 0.6 is 11.6 Å². The second-order valence-electron chi connectivity index (χ2n) is 5.28. The monoisotopic (exact) mass is 361 g/mol. The fourth-order valence-electron chi connectivity index (χ4n) is 2.22. The number of rotatable bonds is 6. The van der Waals surface area contributed by atoms with Crippen molar-refractivity contribution >= 4 is 33.2 Å². The molecule has 128 valence electrons. The first kappa shape index (κ1) is 18.0. The van der Waals surface area contributed by atoms with Gasteiger partial charge in [-0.25, -0.2) is 8.42 Å². The lowest BCUT2D eigenvalue weighted by molar-refractivity contribution is 0.0383. The number of carbonyl (C=O) groups is 1. The van der Waals surface area contributed by atoms with Crippen molar-refractivity contribution in [3.63, 3.8) is 0 Å². The van der Waals surface area contributed by atoms with Crippen LogP contribution in [0.2, 0.25) is 5.02 Å². The number of nitrogens with one attached hydrogen (secondary N) is 2. The van der Waals surface area contributed by atoms with Gasteiger partial charge < -0.3 is 10.1 Å². The summed E-state index contributed by atoms with van der Waals surface area (Å²) < 4.78 is 29.9. The van der Waals surface area contributed by atoms with Crippen molar-refractivity contribution in [2.24, 2.45) is 0 Å². The van der Waals surface area contributed by atoms with E-state index >= 15 is 0 Å². The highest BCUT2D eigenvalue weighted by Gasteiger charge is 2.13. The Morgan fingerprint density at radius 2 is 2.04 bits per heavy atom. The Labute approximate surface area is 141 Å². The standard InChI is InChI=1S/C14H20ClN3O4S/c1-23(20,21)17-11-2-3-12(13(15)10-11)14(19)16-4-5-18-6-8-22-9-7-18/h2-3,10,17H,4-9H2,1H3,(H,16,19). The minimum Gasteiger partial charge on any atom is -0.379 e. The van der Waals surface area contributed by atoms with Crippen molar-refractivity contribution in [2.75, 3.05) is 50.4 Å². The van der Waals surface area contributed by atoms with Crippen molar-refractivity contribution in [3.8, 4) is 0 Å². The van der Waals surface area contributed by atoms with E-state index in [-0.39, 0.29) is 10.9 Å². The normalized spacial score (nSPS) is 16.1. The number of carbonyl (C=O) groups excluding carboxylic acids is 1. The van der Waals surface area contributed by atoms with Crippen molar-refractivity contribution in [3.05, 3.63) is 28.8 Å². The maximum atomic E-state index is 12.1. The van der Waals surface area contributed by atoms with Crippen LogP contribution in [0, 0.1) is 0 Å². The van der Waals surface area contributed by atoms with Gasteiger partial charge in [0.1, 0.15) is 0 Å². The lowest BCUT2D eigenvalue weighted by Gasteiger charge is -2.26. The third-order valence-electron chi connectivity index (χ3n) is 3.33. The fourth-order valence-corrected chi connectivity index (χ4v) is 3.05. The zero-order chi connectivity index (χ0) is 16.9. The molecular formula is C14H20ClN3O4S. The molecule has 1 fully saturated rings. The molecule has 1 aromatic carbocycles. The molecular weight excluding hydrogens is 342 g/mol. The first-order valence-electron chi connectivity index (χ1n) is 7.21. The van der Waals surface area contributed by atoms with Crippen LogP contribution in [0.4, 0.5) is 5.69 Å². The van der Waals surface area contributed by atoms with Gasteiger partial charge in [0.05, 0.1) is 30.1 Å². The van der Waals surface area contributed by atoms with E-state index in [1.807, 2.05) is 0 Å². The zero-order valence-corrected chi connectivity index (χ0v) is 14.4. The first-order valence-corrected chi connectivity index (χ1v) is 9.48. The molecule has 0 aliphatic carbocycles. The lowest BCUT2D eigenvalue weighted by Crippen LogP contribution is -2.41. The highest BCUT2D eigenvalue weighted by Crippen LogP contribution is 2.21. The largest absolute Gasteiger partial charge is 0.379 e. The van der Waals surface area contributed by atoms with Crippen LogP contribution in [0.1, 0.15) is 10.4 Å². The van der Waals surface area contributed by atoms with E-state index < -0.39 is 10.0 Å². The number of hydrogen-bond donors (Lipinski definition) is 2. The molecule has 0 radical (unpaired) electrons. The van der Waals surface area contributed by atoms with Crippen LogP contribution in [0.5, 0.6) is 0 Å². The first-order chi connectivity index (χ1) is 10.8. The quantitative estimate of drug-likeness (QED) is 0.781. The Hall–Kier alpha value is -1.35. The topological polar surface area (TPSA) is 87.7 Å². The zero-order valence-electron chi connectivity index (χ0n) is 12.8. The predicted molar refractivity (Wildman–Crippen MR) is 89.5 cm³/mol. The summed E-state index contributed by atoms with van der Waals surface area (Å²) in [6.07, 6.45) is 1.05. The van der Waals surface area contributed by atoms with Gasteiger partial charge in [0.25, 0.3) is 5.91 Å². The van der Waals surface area contributed by atoms with Crippen LogP contribution in [-0.2, 0) is 14.8 Å². The summed E-state index contributed by atoms with van der Waals surface area (Å²) in [4.78, 5) is 14.3. The smallest absolute Gasteiger partial charge is 0.252 e. The molecule has 0 aromatic heterocycles. The van der Waals surface area contributed by atoms with Gasteiger partial charge in [-0.2, -0.15) is 0 Å². The molecule has 2 rings (SSSR count). The number of hydrogen-bond acceptors (Lipinski definition) is 5. The molecule has 1 heterocycles. The van der Waals surface area contributed by atoms with Crippen LogP contribution in [0.25, 0.3) is 0 Å².